The Morgan fingerprint density at radius 2 is 1.77 bits per heavy atom. The fraction of sp³-hybridized carbons (Fsp3) is 1.00. The first-order valence-electron chi connectivity index (χ1n) is 5.53. The smallest absolute Gasteiger partial charge is 0.113 e. The van der Waals surface area contributed by atoms with E-state index >= 15 is 0 Å². The molecule has 1 fully saturated rings. The molecule has 0 amide bonds. The Labute approximate surface area is 82.1 Å². The van der Waals surface area contributed by atoms with E-state index in [9.17, 15) is 5.11 Å². The van der Waals surface area contributed by atoms with Crippen LogP contribution in [0.15, 0.2) is 0 Å². The highest BCUT2D eigenvalue weighted by atomic mass is 16.3. The Kier molecular flexibility index (Phi) is 3.36. The van der Waals surface area contributed by atoms with Crippen molar-refractivity contribution in [3.05, 3.63) is 0 Å². The Bertz CT molecular complexity index is 157. The molecule has 0 aliphatic carbocycles. The normalized spacial score (nSPS) is 27.5. The summed E-state index contributed by atoms with van der Waals surface area (Å²) in [5.41, 5.74) is 0. The van der Waals surface area contributed by atoms with Crippen molar-refractivity contribution in [1.82, 2.24) is 0 Å². The van der Waals surface area contributed by atoms with Gasteiger partial charge >= 0.3 is 0 Å². The fourth-order valence-electron chi connectivity index (χ4n) is 3.22. The van der Waals surface area contributed by atoms with Crippen molar-refractivity contribution in [3.8, 4) is 0 Å². The number of nitrogens with zero attached hydrogens (tertiary/aromatic N) is 1. The second-order valence-electron chi connectivity index (χ2n) is 4.88. The van der Waals surface area contributed by atoms with Gasteiger partial charge in [0.15, 0.2) is 0 Å². The minimum atomic E-state index is 0.357. The van der Waals surface area contributed by atoms with E-state index in [1.54, 1.807) is 0 Å². The molecule has 2 heteroatoms. The summed E-state index contributed by atoms with van der Waals surface area (Å²) in [5.74, 6) is 0. The Morgan fingerprint density at radius 1 is 1.23 bits per heavy atom. The van der Waals surface area contributed by atoms with Crippen LogP contribution in [0.3, 0.4) is 0 Å². The molecule has 0 aromatic rings. The molecule has 0 spiro atoms. The van der Waals surface area contributed by atoms with Crippen LogP contribution in [-0.4, -0.2) is 40.9 Å². The van der Waals surface area contributed by atoms with Gasteiger partial charge in [-0.2, -0.15) is 0 Å². The zero-order valence-corrected chi connectivity index (χ0v) is 9.45. The maximum absolute atomic E-state index is 9.38. The first-order chi connectivity index (χ1) is 6.05. The minimum Gasteiger partial charge on any atom is -0.390 e. The molecule has 13 heavy (non-hydrogen) atoms. The summed E-state index contributed by atoms with van der Waals surface area (Å²) in [6.45, 7) is 10.8. The van der Waals surface area contributed by atoms with Crippen molar-refractivity contribution in [2.75, 3.05) is 13.2 Å². The third kappa shape index (κ3) is 1.62. The van der Waals surface area contributed by atoms with Gasteiger partial charge < -0.3 is 9.59 Å². The van der Waals surface area contributed by atoms with Crippen LogP contribution in [0.4, 0.5) is 0 Å². The molecule has 1 atom stereocenters. The number of aliphatic hydroxyl groups is 1. The van der Waals surface area contributed by atoms with E-state index in [-0.39, 0.29) is 0 Å². The summed E-state index contributed by atoms with van der Waals surface area (Å²) in [6.07, 6.45) is 2.48. The molecule has 0 aromatic heterocycles. The summed E-state index contributed by atoms with van der Waals surface area (Å²) in [4.78, 5) is 0. The maximum atomic E-state index is 9.38. The van der Waals surface area contributed by atoms with Crippen molar-refractivity contribution in [1.29, 1.82) is 0 Å². The average molecular weight is 186 g/mol. The van der Waals surface area contributed by atoms with E-state index in [2.05, 4.69) is 27.7 Å². The zero-order valence-electron chi connectivity index (χ0n) is 9.45. The average Bonchev–Trinajstić information content (AvgIpc) is 2.47. The molecular formula is C11H24NO+. The lowest BCUT2D eigenvalue weighted by atomic mass is 10.1. The summed E-state index contributed by atoms with van der Waals surface area (Å²) < 4.78 is 1.12. The van der Waals surface area contributed by atoms with Crippen LogP contribution in [0.2, 0.25) is 0 Å². The summed E-state index contributed by atoms with van der Waals surface area (Å²) in [7, 11) is 0. The highest BCUT2D eigenvalue weighted by Crippen LogP contribution is 2.33. The molecule has 0 unspecified atom stereocenters. The Balaban J connectivity index is 2.88. The highest BCUT2D eigenvalue weighted by Gasteiger charge is 2.45. The molecule has 0 bridgehead atoms. The predicted molar refractivity (Wildman–Crippen MR) is 55.5 cm³/mol. The van der Waals surface area contributed by atoms with Gasteiger partial charge in [0.2, 0.25) is 0 Å². The van der Waals surface area contributed by atoms with Gasteiger partial charge in [0, 0.05) is 12.8 Å². The van der Waals surface area contributed by atoms with Gasteiger partial charge in [-0.3, -0.25) is 0 Å². The fourth-order valence-corrected chi connectivity index (χ4v) is 3.22. The van der Waals surface area contributed by atoms with Crippen LogP contribution in [0, 0.1) is 0 Å². The molecule has 0 aromatic carbocycles. The van der Waals surface area contributed by atoms with Crippen LogP contribution in [0.1, 0.15) is 40.5 Å². The van der Waals surface area contributed by atoms with Gasteiger partial charge in [-0.15, -0.1) is 0 Å². The van der Waals surface area contributed by atoms with Crippen molar-refractivity contribution < 1.29 is 9.59 Å². The Hall–Kier alpha value is -0.0800. The monoisotopic (exact) mass is 186 g/mol. The van der Waals surface area contributed by atoms with Gasteiger partial charge in [-0.25, -0.2) is 0 Å². The minimum absolute atomic E-state index is 0.357. The molecule has 1 rings (SSSR count). The molecule has 1 saturated heterocycles. The SMILES string of the molecule is CC(C)[N+]1(C(C)C)CCC[C@@H]1CO. The summed E-state index contributed by atoms with van der Waals surface area (Å²) in [6, 6.07) is 1.76. The van der Waals surface area contributed by atoms with Crippen LogP contribution in [0.5, 0.6) is 0 Å². The maximum Gasteiger partial charge on any atom is 0.113 e. The Morgan fingerprint density at radius 3 is 2.08 bits per heavy atom. The number of quaternary nitrogens is 1. The third-order valence-electron chi connectivity index (χ3n) is 3.90. The largest absolute Gasteiger partial charge is 0.390 e. The van der Waals surface area contributed by atoms with Gasteiger partial charge in [0.05, 0.1) is 25.2 Å². The van der Waals surface area contributed by atoms with E-state index in [1.807, 2.05) is 0 Å². The van der Waals surface area contributed by atoms with Crippen LogP contribution in [-0.2, 0) is 0 Å². The van der Waals surface area contributed by atoms with Crippen LogP contribution < -0.4 is 0 Å². The molecule has 1 N–H and O–H groups in total. The lowest BCUT2D eigenvalue weighted by Crippen LogP contribution is -2.61. The molecule has 1 aliphatic heterocycles. The summed E-state index contributed by atoms with van der Waals surface area (Å²) >= 11 is 0. The lowest BCUT2D eigenvalue weighted by molar-refractivity contribution is -0.977. The summed E-state index contributed by atoms with van der Waals surface area (Å²) in [5, 5.41) is 9.38. The zero-order chi connectivity index (χ0) is 10.1. The first-order valence-corrected chi connectivity index (χ1v) is 5.53. The molecular weight excluding hydrogens is 162 g/mol. The molecule has 0 radical (unpaired) electrons. The van der Waals surface area contributed by atoms with E-state index in [4.69, 9.17) is 0 Å². The first kappa shape index (κ1) is 11.0. The second-order valence-corrected chi connectivity index (χ2v) is 4.88. The second kappa shape index (κ2) is 3.97. The number of aliphatic hydroxyl groups excluding tert-OH is 1. The van der Waals surface area contributed by atoms with Gasteiger partial charge in [0.1, 0.15) is 6.04 Å². The molecule has 1 heterocycles. The molecule has 1 aliphatic rings. The van der Waals surface area contributed by atoms with Crippen molar-refractivity contribution in [3.63, 3.8) is 0 Å². The van der Waals surface area contributed by atoms with Crippen molar-refractivity contribution >= 4 is 0 Å². The lowest BCUT2D eigenvalue weighted by Gasteiger charge is -2.46. The van der Waals surface area contributed by atoms with Crippen LogP contribution >= 0.6 is 0 Å². The van der Waals surface area contributed by atoms with Gasteiger partial charge in [-0.1, -0.05) is 0 Å². The van der Waals surface area contributed by atoms with Crippen LogP contribution in [0.25, 0.3) is 0 Å². The van der Waals surface area contributed by atoms with E-state index in [1.165, 1.54) is 19.4 Å². The number of rotatable bonds is 3. The standard InChI is InChI=1S/C11H24NO/c1-9(2)12(10(3)4)7-5-6-11(12)8-13/h9-11,13H,5-8H2,1-4H3/q+1/t11-/m1/s1. The highest BCUT2D eigenvalue weighted by molar-refractivity contribution is 4.71. The molecule has 2 nitrogen and oxygen atoms in total. The molecule has 78 valence electrons. The van der Waals surface area contributed by atoms with E-state index < -0.39 is 0 Å². The number of hydrogen-bond donors (Lipinski definition) is 1. The predicted octanol–water partition coefficient (Wildman–Crippen LogP) is 1.77. The topological polar surface area (TPSA) is 20.2 Å². The van der Waals surface area contributed by atoms with Gasteiger partial charge in [0.25, 0.3) is 0 Å². The van der Waals surface area contributed by atoms with Gasteiger partial charge in [-0.05, 0) is 27.7 Å². The van der Waals surface area contributed by atoms with Crippen molar-refractivity contribution in [2.24, 2.45) is 0 Å². The molecule has 0 saturated carbocycles. The third-order valence-corrected chi connectivity index (χ3v) is 3.90. The number of likely N-dealkylation sites (tertiary alicyclic amines) is 1. The quantitative estimate of drug-likeness (QED) is 0.666. The van der Waals surface area contributed by atoms with E-state index in [0.29, 0.717) is 24.7 Å². The number of hydrogen-bond acceptors (Lipinski definition) is 1. The van der Waals surface area contributed by atoms with E-state index in [0.717, 1.165) is 4.48 Å². The van der Waals surface area contributed by atoms with Crippen molar-refractivity contribution in [2.45, 2.75) is 58.7 Å².